The van der Waals surface area contributed by atoms with Crippen LogP contribution in [0.25, 0.3) is 100 Å². The van der Waals surface area contributed by atoms with Crippen molar-refractivity contribution in [2.45, 2.75) is 5.41 Å². The fourth-order valence-electron chi connectivity index (χ4n) is 10.2. The van der Waals surface area contributed by atoms with Gasteiger partial charge < -0.3 is 8.83 Å². The van der Waals surface area contributed by atoms with Gasteiger partial charge in [-0.2, -0.15) is 0 Å². The van der Waals surface area contributed by atoms with Crippen molar-refractivity contribution in [3.63, 3.8) is 0 Å². The maximum Gasteiger partial charge on any atom is 0.227 e. The van der Waals surface area contributed by atoms with Crippen LogP contribution in [0.3, 0.4) is 0 Å². The SMILES string of the molecule is c1ccc(C2(c3ccccc3)c3cc(-c4cc(-c5ccc(-c6nc7ccccc7o6)cc5)cc(-c5ccc(-c6nc7ccccc7o6)cc5)c4)ccc3-c3c2ccc2ccccc32)cc1. The molecule has 13 rings (SSSR count). The number of aromatic nitrogens is 2. The fourth-order valence-corrected chi connectivity index (χ4v) is 10.2. The second-order valence-electron chi connectivity index (χ2n) is 16.9. The van der Waals surface area contributed by atoms with Gasteiger partial charge >= 0.3 is 0 Å². The molecule has 65 heavy (non-hydrogen) atoms. The number of nitrogens with zero attached hydrogens (tertiary/aromatic N) is 2. The molecule has 0 spiro atoms. The Morgan fingerprint density at radius 3 is 1.34 bits per heavy atom. The molecule has 0 unspecified atom stereocenters. The minimum atomic E-state index is -0.547. The molecule has 0 atom stereocenters. The summed E-state index contributed by atoms with van der Waals surface area (Å²) in [6, 6.07) is 82.5. The molecule has 0 fully saturated rings. The number of para-hydroxylation sites is 4. The Kier molecular flexibility index (Phi) is 8.40. The summed E-state index contributed by atoms with van der Waals surface area (Å²) in [5, 5.41) is 2.50. The normalized spacial score (nSPS) is 12.7. The molecule has 0 bridgehead atoms. The molecule has 304 valence electrons. The predicted octanol–water partition coefficient (Wildman–Crippen LogP) is 15.8. The second-order valence-corrected chi connectivity index (χ2v) is 16.9. The highest BCUT2D eigenvalue weighted by Gasteiger charge is 2.46. The van der Waals surface area contributed by atoms with Gasteiger partial charge in [-0.25, -0.2) is 9.97 Å². The van der Waals surface area contributed by atoms with Gasteiger partial charge in [0.2, 0.25) is 11.8 Å². The molecule has 0 saturated carbocycles. The Morgan fingerprint density at radius 1 is 0.323 bits per heavy atom. The van der Waals surface area contributed by atoms with Crippen LogP contribution in [0.1, 0.15) is 22.3 Å². The number of rotatable bonds is 7. The largest absolute Gasteiger partial charge is 0.436 e. The summed E-state index contributed by atoms with van der Waals surface area (Å²) in [6.45, 7) is 0. The number of benzene rings is 10. The lowest BCUT2D eigenvalue weighted by atomic mass is 9.67. The third kappa shape index (κ3) is 5.99. The van der Waals surface area contributed by atoms with E-state index in [1.54, 1.807) is 0 Å². The van der Waals surface area contributed by atoms with E-state index < -0.39 is 5.41 Å². The molecule has 2 aromatic heterocycles. The molecule has 2 heterocycles. The van der Waals surface area contributed by atoms with Gasteiger partial charge in [0.25, 0.3) is 0 Å². The standard InChI is InChI=1S/C61H38N2O2/c1-3-14-48(15-4-1)61(49-16-5-2-6-17-49)52-34-32-41-13-7-8-18-50(41)58(52)51-33-31-44(38-53(51)61)47-36-45(39-23-27-42(28-24-39)59-62-54-19-9-11-21-56(54)64-59)35-46(37-47)40-25-29-43(30-26-40)60-63-55-20-10-12-22-57(55)65-60/h1-38H. The van der Waals surface area contributed by atoms with Crippen molar-refractivity contribution in [3.8, 4) is 67.4 Å². The van der Waals surface area contributed by atoms with Gasteiger partial charge in [0.1, 0.15) is 11.0 Å². The van der Waals surface area contributed by atoms with E-state index in [9.17, 15) is 0 Å². The van der Waals surface area contributed by atoms with Crippen molar-refractivity contribution in [1.29, 1.82) is 0 Å². The van der Waals surface area contributed by atoms with Gasteiger partial charge in [-0.1, -0.05) is 158 Å². The quantitative estimate of drug-likeness (QED) is 0.161. The summed E-state index contributed by atoms with van der Waals surface area (Å²) >= 11 is 0. The molecule has 0 saturated heterocycles. The third-order valence-electron chi connectivity index (χ3n) is 13.2. The molecule has 1 aliphatic rings. The lowest BCUT2D eigenvalue weighted by Gasteiger charge is -2.34. The number of oxazole rings is 2. The van der Waals surface area contributed by atoms with Gasteiger partial charge in [-0.3, -0.25) is 0 Å². The van der Waals surface area contributed by atoms with Gasteiger partial charge in [0.05, 0.1) is 5.41 Å². The molecular weight excluding hydrogens is 793 g/mol. The first-order valence-electron chi connectivity index (χ1n) is 22.0. The summed E-state index contributed by atoms with van der Waals surface area (Å²) < 4.78 is 12.3. The van der Waals surface area contributed by atoms with E-state index in [-0.39, 0.29) is 0 Å². The van der Waals surface area contributed by atoms with Gasteiger partial charge in [-0.05, 0) is 150 Å². The van der Waals surface area contributed by atoms with Crippen LogP contribution < -0.4 is 0 Å². The first-order valence-corrected chi connectivity index (χ1v) is 22.0. The highest BCUT2D eigenvalue weighted by molar-refractivity contribution is 6.04. The van der Waals surface area contributed by atoms with E-state index in [4.69, 9.17) is 18.8 Å². The van der Waals surface area contributed by atoms with E-state index in [1.165, 1.54) is 44.2 Å². The minimum Gasteiger partial charge on any atom is -0.436 e. The van der Waals surface area contributed by atoms with Crippen LogP contribution in [-0.2, 0) is 5.41 Å². The number of hydrogen-bond donors (Lipinski definition) is 0. The maximum absolute atomic E-state index is 6.15. The Labute approximate surface area is 375 Å². The lowest BCUT2D eigenvalue weighted by Crippen LogP contribution is -2.28. The van der Waals surface area contributed by atoms with Gasteiger partial charge in [0, 0.05) is 11.1 Å². The summed E-state index contributed by atoms with van der Waals surface area (Å²) in [5.74, 6) is 1.22. The van der Waals surface area contributed by atoms with Gasteiger partial charge in [0.15, 0.2) is 11.2 Å². The van der Waals surface area contributed by atoms with Gasteiger partial charge in [-0.15, -0.1) is 0 Å². The Morgan fingerprint density at radius 2 is 0.785 bits per heavy atom. The van der Waals surface area contributed by atoms with Crippen molar-refractivity contribution in [1.82, 2.24) is 9.97 Å². The molecule has 1 aliphatic carbocycles. The van der Waals surface area contributed by atoms with E-state index in [2.05, 4.69) is 182 Å². The minimum absolute atomic E-state index is 0.547. The zero-order chi connectivity index (χ0) is 42.9. The van der Waals surface area contributed by atoms with Crippen LogP contribution >= 0.6 is 0 Å². The van der Waals surface area contributed by atoms with Crippen molar-refractivity contribution >= 4 is 33.0 Å². The van der Waals surface area contributed by atoms with Crippen molar-refractivity contribution < 1.29 is 8.83 Å². The summed E-state index contributed by atoms with van der Waals surface area (Å²) in [7, 11) is 0. The van der Waals surface area contributed by atoms with Crippen molar-refractivity contribution in [3.05, 3.63) is 253 Å². The van der Waals surface area contributed by atoms with Crippen molar-refractivity contribution in [2.24, 2.45) is 0 Å². The topological polar surface area (TPSA) is 52.1 Å². The molecule has 0 radical (unpaired) electrons. The van der Waals surface area contributed by atoms with Crippen LogP contribution in [0, 0.1) is 0 Å². The van der Waals surface area contributed by atoms with Crippen molar-refractivity contribution in [2.75, 3.05) is 0 Å². The fraction of sp³-hybridized carbons (Fsp3) is 0.0164. The first-order chi connectivity index (χ1) is 32.2. The molecule has 0 amide bonds. The molecule has 0 aliphatic heterocycles. The monoisotopic (exact) mass is 830 g/mol. The second kappa shape index (κ2) is 14.8. The summed E-state index contributed by atoms with van der Waals surface area (Å²) in [4.78, 5) is 9.54. The van der Waals surface area contributed by atoms with Crippen LogP contribution in [0.2, 0.25) is 0 Å². The average molecular weight is 831 g/mol. The molecule has 4 nitrogen and oxygen atoms in total. The Bertz CT molecular complexity index is 3510. The zero-order valence-corrected chi connectivity index (χ0v) is 35.2. The Hall–Kier alpha value is -8.60. The Balaban J connectivity index is 0.995. The van der Waals surface area contributed by atoms with Crippen LogP contribution in [0.4, 0.5) is 0 Å². The lowest BCUT2D eigenvalue weighted by molar-refractivity contribution is 0.619. The highest BCUT2D eigenvalue weighted by Crippen LogP contribution is 2.58. The number of hydrogen-bond acceptors (Lipinski definition) is 4. The molecular formula is C61H38N2O2. The summed E-state index contributed by atoms with van der Waals surface area (Å²) in [6.07, 6.45) is 0. The number of fused-ring (bicyclic) bond motifs is 7. The third-order valence-corrected chi connectivity index (χ3v) is 13.2. The average Bonchev–Trinajstić information content (AvgIpc) is 4.10. The molecule has 4 heteroatoms. The van der Waals surface area contributed by atoms with E-state index >= 15 is 0 Å². The van der Waals surface area contributed by atoms with Crippen LogP contribution in [0.15, 0.2) is 239 Å². The van der Waals surface area contributed by atoms with Crippen LogP contribution in [0.5, 0.6) is 0 Å². The first kappa shape index (κ1) is 37.0. The molecule has 12 aromatic rings. The van der Waals surface area contributed by atoms with E-state index in [0.717, 1.165) is 66.7 Å². The van der Waals surface area contributed by atoms with E-state index in [1.807, 2.05) is 48.5 Å². The highest BCUT2D eigenvalue weighted by atomic mass is 16.4. The van der Waals surface area contributed by atoms with Crippen LogP contribution in [-0.4, -0.2) is 9.97 Å². The molecule has 0 N–H and O–H groups in total. The maximum atomic E-state index is 6.15. The molecule has 10 aromatic carbocycles. The zero-order valence-electron chi connectivity index (χ0n) is 35.2. The summed E-state index contributed by atoms with van der Waals surface area (Å²) in [5.41, 5.74) is 18.9. The smallest absolute Gasteiger partial charge is 0.227 e. The van der Waals surface area contributed by atoms with E-state index in [0.29, 0.717) is 11.8 Å². The predicted molar refractivity (Wildman–Crippen MR) is 264 cm³/mol.